The number of carbonyl (C=O) groups excluding carboxylic acids is 4. The number of aliphatic hydroxyl groups is 1. The molecule has 2 bridgehead atoms. The predicted octanol–water partition coefficient (Wildman–Crippen LogP) is 5.57. The van der Waals surface area contributed by atoms with Crippen molar-refractivity contribution in [1.29, 1.82) is 0 Å². The van der Waals surface area contributed by atoms with Gasteiger partial charge < -0.3 is 28.5 Å². The fraction of sp³-hybridized carbons (Fsp3) is 0.676. The summed E-state index contributed by atoms with van der Waals surface area (Å²) in [5.41, 5.74) is -2.34. The average Bonchev–Trinajstić information content (AvgIpc) is 3.03. The minimum Gasteiger partial charge on any atom is -0.458 e. The van der Waals surface area contributed by atoms with Gasteiger partial charge in [-0.2, -0.15) is 0 Å². The molecular weight excluding hydrogens is 632 g/mol. The third-order valence-electron chi connectivity index (χ3n) is 12.3. The first-order valence-electron chi connectivity index (χ1n) is 17.4. The topological polar surface area (TPSA) is 135 Å². The monoisotopic (exact) mass is 684 g/mol. The quantitative estimate of drug-likeness (QED) is 0.152. The van der Waals surface area contributed by atoms with Gasteiger partial charge in [-0.1, -0.05) is 52.8 Å². The number of benzene rings is 1. The summed E-state index contributed by atoms with van der Waals surface area (Å²) in [4.78, 5) is 55.4. The summed E-state index contributed by atoms with van der Waals surface area (Å²) in [5.74, 6) is -3.75. The lowest BCUT2D eigenvalue weighted by molar-refractivity contribution is -0.334. The Kier molecular flexibility index (Phi) is 9.95. The van der Waals surface area contributed by atoms with Gasteiger partial charge in [-0.25, -0.2) is 4.79 Å². The van der Waals surface area contributed by atoms with Crippen molar-refractivity contribution in [2.75, 3.05) is 6.61 Å². The predicted molar refractivity (Wildman–Crippen MR) is 179 cm³/mol. The van der Waals surface area contributed by atoms with Crippen LogP contribution in [0.15, 0.2) is 41.5 Å². The first-order valence-corrected chi connectivity index (χ1v) is 19.9. The summed E-state index contributed by atoms with van der Waals surface area (Å²) >= 11 is 0. The second-order valence-electron chi connectivity index (χ2n) is 15.0. The average molecular weight is 685 g/mol. The largest absolute Gasteiger partial charge is 0.458 e. The molecule has 1 saturated heterocycles. The Labute approximate surface area is 285 Å². The van der Waals surface area contributed by atoms with Crippen molar-refractivity contribution in [1.82, 2.24) is 0 Å². The van der Waals surface area contributed by atoms with E-state index in [1.807, 2.05) is 20.8 Å². The van der Waals surface area contributed by atoms with E-state index >= 15 is 4.79 Å². The number of esters is 3. The third kappa shape index (κ3) is 5.68. The van der Waals surface area contributed by atoms with E-state index in [9.17, 15) is 19.5 Å². The van der Waals surface area contributed by atoms with Crippen molar-refractivity contribution >= 4 is 32.0 Å². The van der Waals surface area contributed by atoms with Crippen molar-refractivity contribution in [3.63, 3.8) is 0 Å². The molecule has 0 radical (unpaired) electrons. The second kappa shape index (κ2) is 13.1. The third-order valence-corrected chi connectivity index (χ3v) is 16.9. The van der Waals surface area contributed by atoms with Gasteiger partial charge in [-0.05, 0) is 67.1 Å². The van der Waals surface area contributed by atoms with E-state index in [-0.39, 0.29) is 19.4 Å². The Morgan fingerprint density at radius 3 is 2.10 bits per heavy atom. The van der Waals surface area contributed by atoms with E-state index in [1.165, 1.54) is 13.8 Å². The van der Waals surface area contributed by atoms with Gasteiger partial charge in [-0.15, -0.1) is 0 Å². The highest BCUT2D eigenvalue weighted by Crippen LogP contribution is 2.64. The van der Waals surface area contributed by atoms with E-state index in [2.05, 4.69) is 20.8 Å². The fourth-order valence-electron chi connectivity index (χ4n) is 9.43. The van der Waals surface area contributed by atoms with Crippen LogP contribution in [0, 0.1) is 22.7 Å². The number of hydrogen-bond acceptors (Lipinski definition) is 10. The summed E-state index contributed by atoms with van der Waals surface area (Å²) in [7, 11) is -2.40. The molecule has 0 spiro atoms. The zero-order valence-electron chi connectivity index (χ0n) is 29.8. The number of Topliss-reactive ketones (excluding diaryl/α,β-unsaturated/α-hetero) is 1. The van der Waals surface area contributed by atoms with Gasteiger partial charge in [0.2, 0.25) is 0 Å². The fourth-order valence-corrected chi connectivity index (χ4v) is 12.4. The molecule has 1 aliphatic heterocycles. The summed E-state index contributed by atoms with van der Waals surface area (Å²) in [6, 6.07) is 11.1. The highest BCUT2D eigenvalue weighted by atomic mass is 28.4. The Hall–Kier alpha value is -2.86. The lowest BCUT2D eigenvalue weighted by Crippen LogP contribution is -2.80. The first kappa shape index (κ1) is 36.4. The Balaban J connectivity index is 1.84. The highest BCUT2D eigenvalue weighted by molar-refractivity contribution is 6.73. The maximum Gasteiger partial charge on any atom is 0.338 e. The zero-order chi connectivity index (χ0) is 35.4. The molecule has 5 rings (SSSR count). The Bertz CT molecular complexity index is 1460. The molecule has 1 aromatic carbocycles. The van der Waals surface area contributed by atoms with E-state index in [4.69, 9.17) is 23.4 Å². The van der Waals surface area contributed by atoms with Crippen molar-refractivity contribution < 1.29 is 47.7 Å². The van der Waals surface area contributed by atoms with Crippen molar-refractivity contribution in [3.05, 3.63) is 47.0 Å². The van der Waals surface area contributed by atoms with E-state index in [0.29, 0.717) is 16.7 Å². The van der Waals surface area contributed by atoms with E-state index in [1.54, 1.807) is 37.3 Å². The second-order valence-corrected chi connectivity index (χ2v) is 19.7. The van der Waals surface area contributed by atoms with Crippen molar-refractivity contribution in [2.45, 2.75) is 129 Å². The Morgan fingerprint density at radius 2 is 1.58 bits per heavy atom. The molecule has 2 unspecified atom stereocenters. The number of carbonyl (C=O) groups is 4. The van der Waals surface area contributed by atoms with Crippen LogP contribution >= 0.6 is 0 Å². The summed E-state index contributed by atoms with van der Waals surface area (Å²) in [6.45, 7) is 16.4. The van der Waals surface area contributed by atoms with Gasteiger partial charge in [0.15, 0.2) is 25.8 Å². The van der Waals surface area contributed by atoms with Crippen molar-refractivity contribution in [2.24, 2.45) is 22.7 Å². The maximum atomic E-state index is 15.6. The van der Waals surface area contributed by atoms with E-state index in [0.717, 1.165) is 18.1 Å². The van der Waals surface area contributed by atoms with Crippen LogP contribution in [0.2, 0.25) is 18.1 Å². The van der Waals surface area contributed by atoms with Crippen LogP contribution in [-0.4, -0.2) is 79.8 Å². The van der Waals surface area contributed by atoms with Crippen LogP contribution in [0.3, 0.4) is 0 Å². The molecule has 10 nitrogen and oxygen atoms in total. The number of ether oxygens (including phenoxy) is 4. The molecule has 0 amide bonds. The Morgan fingerprint density at radius 1 is 0.958 bits per heavy atom. The van der Waals surface area contributed by atoms with Crippen LogP contribution < -0.4 is 0 Å². The van der Waals surface area contributed by atoms with E-state index < -0.39 is 90.8 Å². The molecule has 264 valence electrons. The minimum atomic E-state index is -2.40. The maximum absolute atomic E-state index is 15.6. The standard InChI is InChI=1S/C37H52O10Si/c1-10-48(11-2,12-3)47-27-19-28-37(20-43-28,46-23(6)39)32-30(45-34(42)24-16-14-13-15-17-24)25-18-26(40)21(4)29(35(25,7)8)31(44-22(5)38)33(41)36(27,32)9/h13-17,25-28,30-32,40H,10-12,18-20H2,1-9H3/t25?,26-,27-,28+,30+,31+,32?,36+,37-/m0/s1. The summed E-state index contributed by atoms with van der Waals surface area (Å²) in [5, 5.41) is 11.6. The molecule has 2 saturated carbocycles. The van der Waals surface area contributed by atoms with Crippen LogP contribution in [0.5, 0.6) is 0 Å². The van der Waals surface area contributed by atoms with Crippen LogP contribution in [0.25, 0.3) is 0 Å². The van der Waals surface area contributed by atoms with Gasteiger partial charge in [0.25, 0.3) is 0 Å². The highest BCUT2D eigenvalue weighted by Gasteiger charge is 2.76. The normalized spacial score (nSPS) is 35.6. The molecule has 1 aromatic rings. The van der Waals surface area contributed by atoms with Crippen LogP contribution in [-0.2, 0) is 37.8 Å². The molecule has 3 fully saturated rings. The van der Waals surface area contributed by atoms with Crippen molar-refractivity contribution in [3.8, 4) is 0 Å². The van der Waals surface area contributed by atoms with Gasteiger partial charge in [0.1, 0.15) is 12.2 Å². The van der Waals surface area contributed by atoms with Gasteiger partial charge in [0, 0.05) is 26.2 Å². The molecule has 9 atom stereocenters. The number of rotatable bonds is 9. The molecular formula is C37H52O10Si. The zero-order valence-corrected chi connectivity index (χ0v) is 30.8. The van der Waals surface area contributed by atoms with Gasteiger partial charge in [-0.3, -0.25) is 14.4 Å². The number of aliphatic hydroxyl groups excluding tert-OH is 1. The summed E-state index contributed by atoms with van der Waals surface area (Å²) < 4.78 is 32.3. The molecule has 0 aromatic heterocycles. The molecule has 1 heterocycles. The SMILES string of the molecule is CC[Si](CC)(CC)O[C@H]1C[C@H]2OC[C@@]2(OC(C)=O)C2[C@H](OC(=O)c3ccccc3)C3C[C@H](O)C(C)=C([C@@H](OC(C)=O)C(=O)[C@@]21C)C3(C)C. The van der Waals surface area contributed by atoms with Crippen LogP contribution in [0.4, 0.5) is 0 Å². The van der Waals surface area contributed by atoms with Gasteiger partial charge >= 0.3 is 17.9 Å². The lowest BCUT2D eigenvalue weighted by Gasteiger charge is -2.67. The molecule has 1 N–H and O–H groups in total. The molecule has 48 heavy (non-hydrogen) atoms. The molecule has 4 aliphatic rings. The first-order chi connectivity index (χ1) is 22.5. The minimum absolute atomic E-state index is 0.00947. The smallest absolute Gasteiger partial charge is 0.338 e. The number of ketones is 1. The van der Waals surface area contributed by atoms with Crippen LogP contribution in [0.1, 0.15) is 85.5 Å². The number of fused-ring (bicyclic) bond motifs is 5. The molecule has 3 aliphatic carbocycles. The lowest BCUT2D eigenvalue weighted by atomic mass is 9.46. The number of hydrogen-bond donors (Lipinski definition) is 1. The molecule has 11 heteroatoms. The van der Waals surface area contributed by atoms with Gasteiger partial charge in [0.05, 0.1) is 35.7 Å². The summed E-state index contributed by atoms with van der Waals surface area (Å²) in [6.07, 6.45) is -4.26.